The van der Waals surface area contributed by atoms with E-state index in [4.69, 9.17) is 14.2 Å². The van der Waals surface area contributed by atoms with Gasteiger partial charge >= 0.3 is 18.2 Å². The van der Waals surface area contributed by atoms with Gasteiger partial charge in [-0.2, -0.15) is 0 Å². The van der Waals surface area contributed by atoms with Gasteiger partial charge in [0.2, 0.25) is 0 Å². The van der Waals surface area contributed by atoms with Crippen LogP contribution in [0.5, 0.6) is 0 Å². The smallest absolute Gasteiger partial charge is 0.411 e. The predicted octanol–water partition coefficient (Wildman–Crippen LogP) is 4.41. The summed E-state index contributed by atoms with van der Waals surface area (Å²) in [7, 11) is 0. The third kappa shape index (κ3) is 13.6. The number of nitrogens with one attached hydrogen (secondary N) is 1. The fraction of sp³-hybridized carbons (Fsp3) is 0.654. The summed E-state index contributed by atoms with van der Waals surface area (Å²) < 4.78 is 16.3. The monoisotopic (exact) mass is 494 g/mol. The van der Waals surface area contributed by atoms with E-state index in [1.54, 1.807) is 41.5 Å². The standard InChI is InChI=1S/C26H42N2O7/c1-25(2,3)34-23(31)27-16-12-17-28(24(32)35-26(4,5)6)21(15-10-11-18-29)22(30)33-19-20-13-8-7-9-14-20/h7-9,13-14,21,29H,10-12,15-19H2,1-6H3,(H,27,31). The van der Waals surface area contributed by atoms with Gasteiger partial charge in [0.05, 0.1) is 0 Å². The van der Waals surface area contributed by atoms with Crippen LogP contribution in [0.15, 0.2) is 30.3 Å². The molecule has 0 saturated heterocycles. The second-order valence-electron chi connectivity index (χ2n) is 10.3. The molecule has 1 rings (SSSR count). The van der Waals surface area contributed by atoms with Gasteiger partial charge in [-0.05, 0) is 72.8 Å². The number of ether oxygens (including phenoxy) is 3. The molecule has 2 N–H and O–H groups in total. The van der Waals surface area contributed by atoms with Crippen molar-refractivity contribution in [3.8, 4) is 0 Å². The van der Waals surface area contributed by atoms with Crippen LogP contribution in [0.2, 0.25) is 0 Å². The van der Waals surface area contributed by atoms with Crippen molar-refractivity contribution in [1.82, 2.24) is 10.2 Å². The molecule has 9 heteroatoms. The van der Waals surface area contributed by atoms with Crippen molar-refractivity contribution < 1.29 is 33.7 Å². The molecule has 0 bridgehead atoms. The van der Waals surface area contributed by atoms with E-state index in [1.807, 2.05) is 30.3 Å². The summed E-state index contributed by atoms with van der Waals surface area (Å²) in [6.45, 7) is 11.0. The number of aliphatic hydroxyl groups is 1. The Balaban J connectivity index is 2.93. The zero-order valence-corrected chi connectivity index (χ0v) is 22.0. The van der Waals surface area contributed by atoms with Gasteiger partial charge in [0.15, 0.2) is 0 Å². The first-order chi connectivity index (χ1) is 16.3. The van der Waals surface area contributed by atoms with Crippen molar-refractivity contribution in [2.45, 2.75) is 91.1 Å². The van der Waals surface area contributed by atoms with Crippen molar-refractivity contribution in [2.75, 3.05) is 19.7 Å². The van der Waals surface area contributed by atoms with Crippen molar-refractivity contribution in [3.05, 3.63) is 35.9 Å². The lowest BCUT2D eigenvalue weighted by Crippen LogP contribution is -2.49. The zero-order valence-electron chi connectivity index (χ0n) is 22.0. The zero-order chi connectivity index (χ0) is 26.5. The van der Waals surface area contributed by atoms with E-state index >= 15 is 0 Å². The molecule has 0 aliphatic carbocycles. The van der Waals surface area contributed by atoms with E-state index in [-0.39, 0.29) is 26.3 Å². The van der Waals surface area contributed by atoms with E-state index in [0.29, 0.717) is 25.7 Å². The molecule has 0 aliphatic rings. The lowest BCUT2D eigenvalue weighted by Gasteiger charge is -2.32. The molecular formula is C26H42N2O7. The third-order valence-corrected chi connectivity index (χ3v) is 4.63. The Morgan fingerprint density at radius 1 is 0.943 bits per heavy atom. The minimum atomic E-state index is -0.887. The van der Waals surface area contributed by atoms with E-state index in [9.17, 15) is 19.5 Å². The molecule has 0 saturated carbocycles. The van der Waals surface area contributed by atoms with Crippen LogP contribution in [-0.2, 0) is 25.6 Å². The fourth-order valence-corrected chi connectivity index (χ4v) is 3.12. The molecule has 0 spiro atoms. The highest BCUT2D eigenvalue weighted by Gasteiger charge is 2.33. The molecule has 0 radical (unpaired) electrons. The second kappa shape index (κ2) is 14.6. The number of esters is 1. The van der Waals surface area contributed by atoms with Crippen LogP contribution in [0.25, 0.3) is 0 Å². The van der Waals surface area contributed by atoms with Crippen LogP contribution in [-0.4, -0.2) is 65.1 Å². The van der Waals surface area contributed by atoms with Gasteiger partial charge in [0, 0.05) is 19.7 Å². The topological polar surface area (TPSA) is 114 Å². The number of carbonyl (C=O) groups excluding carboxylic acids is 3. The molecule has 1 aromatic carbocycles. The molecule has 35 heavy (non-hydrogen) atoms. The number of hydrogen-bond donors (Lipinski definition) is 2. The molecule has 1 atom stereocenters. The molecular weight excluding hydrogens is 452 g/mol. The maximum Gasteiger partial charge on any atom is 0.411 e. The minimum Gasteiger partial charge on any atom is -0.459 e. The maximum absolute atomic E-state index is 13.1. The number of alkyl carbamates (subject to hydrolysis) is 1. The molecule has 2 amide bonds. The number of unbranched alkanes of at least 4 members (excludes halogenated alkanes) is 1. The summed E-state index contributed by atoms with van der Waals surface area (Å²) >= 11 is 0. The summed E-state index contributed by atoms with van der Waals surface area (Å²) in [5.41, 5.74) is -0.541. The molecule has 1 unspecified atom stereocenters. The second-order valence-corrected chi connectivity index (χ2v) is 10.3. The quantitative estimate of drug-likeness (QED) is 0.251. The van der Waals surface area contributed by atoms with Crippen LogP contribution in [0.3, 0.4) is 0 Å². The Labute approximate surface area is 209 Å². The van der Waals surface area contributed by atoms with E-state index in [1.165, 1.54) is 4.90 Å². The van der Waals surface area contributed by atoms with Gasteiger partial charge in [0.1, 0.15) is 23.9 Å². The number of hydrogen-bond acceptors (Lipinski definition) is 7. The fourth-order valence-electron chi connectivity index (χ4n) is 3.12. The van der Waals surface area contributed by atoms with Crippen LogP contribution < -0.4 is 5.32 Å². The lowest BCUT2D eigenvalue weighted by atomic mass is 10.1. The molecule has 0 aliphatic heterocycles. The highest BCUT2D eigenvalue weighted by atomic mass is 16.6. The normalized spacial score (nSPS) is 12.4. The summed E-state index contributed by atoms with van der Waals surface area (Å²) in [5, 5.41) is 11.9. The highest BCUT2D eigenvalue weighted by molar-refractivity contribution is 5.81. The number of rotatable bonds is 12. The number of nitrogens with zero attached hydrogens (tertiary/aromatic N) is 1. The first-order valence-electron chi connectivity index (χ1n) is 12.1. The molecule has 0 aromatic heterocycles. The van der Waals surface area contributed by atoms with Crippen molar-refractivity contribution in [2.24, 2.45) is 0 Å². The third-order valence-electron chi connectivity index (χ3n) is 4.63. The Kier molecular flexibility index (Phi) is 12.6. The van der Waals surface area contributed by atoms with Gasteiger partial charge < -0.3 is 24.6 Å². The highest BCUT2D eigenvalue weighted by Crippen LogP contribution is 2.18. The summed E-state index contributed by atoms with van der Waals surface area (Å²) in [4.78, 5) is 39.4. The largest absolute Gasteiger partial charge is 0.459 e. The number of benzene rings is 1. The van der Waals surface area contributed by atoms with Crippen molar-refractivity contribution in [3.63, 3.8) is 0 Å². The molecule has 1 aromatic rings. The van der Waals surface area contributed by atoms with E-state index in [2.05, 4.69) is 5.32 Å². The first kappa shape index (κ1) is 30.2. The number of carbonyl (C=O) groups is 3. The Morgan fingerprint density at radius 2 is 1.57 bits per heavy atom. The van der Waals surface area contributed by atoms with Crippen LogP contribution in [0, 0.1) is 0 Å². The van der Waals surface area contributed by atoms with Gasteiger partial charge in [-0.25, -0.2) is 14.4 Å². The van der Waals surface area contributed by atoms with Gasteiger partial charge in [0.25, 0.3) is 0 Å². The predicted molar refractivity (Wildman–Crippen MR) is 133 cm³/mol. The van der Waals surface area contributed by atoms with E-state index < -0.39 is 35.4 Å². The summed E-state index contributed by atoms with van der Waals surface area (Å²) in [6, 6.07) is 8.39. The average Bonchev–Trinajstić information content (AvgIpc) is 2.74. The van der Waals surface area contributed by atoms with Crippen LogP contribution >= 0.6 is 0 Å². The Hall–Kier alpha value is -2.81. The first-order valence-corrected chi connectivity index (χ1v) is 12.1. The van der Waals surface area contributed by atoms with Gasteiger partial charge in [-0.3, -0.25) is 4.90 Å². The van der Waals surface area contributed by atoms with Crippen LogP contribution in [0.4, 0.5) is 9.59 Å². The number of aliphatic hydroxyl groups excluding tert-OH is 1. The average molecular weight is 495 g/mol. The summed E-state index contributed by atoms with van der Waals surface area (Å²) in [6.07, 6.45) is 0.513. The molecule has 9 nitrogen and oxygen atoms in total. The van der Waals surface area contributed by atoms with Crippen molar-refractivity contribution in [1.29, 1.82) is 0 Å². The Bertz CT molecular complexity index is 785. The van der Waals surface area contributed by atoms with Gasteiger partial charge in [-0.15, -0.1) is 0 Å². The van der Waals surface area contributed by atoms with E-state index in [0.717, 1.165) is 5.56 Å². The van der Waals surface area contributed by atoms with Crippen LogP contribution in [0.1, 0.15) is 72.8 Å². The maximum atomic E-state index is 13.1. The number of amides is 2. The molecule has 0 heterocycles. The van der Waals surface area contributed by atoms with Gasteiger partial charge in [-0.1, -0.05) is 30.3 Å². The molecule has 0 fully saturated rings. The molecule has 198 valence electrons. The summed E-state index contributed by atoms with van der Waals surface area (Å²) in [5.74, 6) is -0.544. The Morgan fingerprint density at radius 3 is 2.14 bits per heavy atom. The lowest BCUT2D eigenvalue weighted by molar-refractivity contribution is -0.151. The van der Waals surface area contributed by atoms with Crippen molar-refractivity contribution >= 4 is 18.2 Å². The minimum absolute atomic E-state index is 0.0158. The SMILES string of the molecule is CC(C)(C)OC(=O)NCCCN(C(=O)OC(C)(C)C)C(CCCCO)C(=O)OCc1ccccc1.